The zero-order valence-corrected chi connectivity index (χ0v) is 8.49. The van der Waals surface area contributed by atoms with Crippen molar-refractivity contribution >= 4 is 17.3 Å². The van der Waals surface area contributed by atoms with Crippen molar-refractivity contribution in [2.45, 2.75) is 0 Å². The average molecular weight is 191 g/mol. The van der Waals surface area contributed by atoms with Gasteiger partial charge in [-0.1, -0.05) is 0 Å². The Kier molecular flexibility index (Phi) is 7.03. The van der Waals surface area contributed by atoms with E-state index in [9.17, 15) is 0 Å². The first-order chi connectivity index (χ1) is 5.66. The normalized spacial score (nSPS) is 10.2. The summed E-state index contributed by atoms with van der Waals surface area (Å²) in [4.78, 5) is 2.15. The lowest BCUT2D eigenvalue weighted by Crippen LogP contribution is -2.36. The summed E-state index contributed by atoms with van der Waals surface area (Å²) in [7, 11) is 3.72. The lowest BCUT2D eigenvalue weighted by Gasteiger charge is -2.15. The fourth-order valence-electron chi connectivity index (χ4n) is 0.729. The molecule has 0 fully saturated rings. The Balaban J connectivity index is 3.19. The lowest BCUT2D eigenvalue weighted by molar-refractivity contribution is 0.162. The minimum Gasteiger partial charge on any atom is -0.383 e. The Morgan fingerprint density at radius 1 is 1.58 bits per heavy atom. The molecule has 0 aromatic carbocycles. The van der Waals surface area contributed by atoms with Gasteiger partial charge in [0.15, 0.2) is 5.11 Å². The molecule has 0 aromatic heterocycles. The second-order valence-corrected chi connectivity index (χ2v) is 3.03. The number of hydrogen-bond acceptors (Lipinski definition) is 3. The summed E-state index contributed by atoms with van der Waals surface area (Å²) in [6, 6.07) is 0. The number of nitrogens with one attached hydrogen (secondary N) is 1. The van der Waals surface area contributed by atoms with E-state index in [1.54, 1.807) is 7.11 Å². The van der Waals surface area contributed by atoms with Crippen LogP contribution in [0.2, 0.25) is 0 Å². The van der Waals surface area contributed by atoms with Gasteiger partial charge in [-0.3, -0.25) is 0 Å². The molecule has 12 heavy (non-hydrogen) atoms. The monoisotopic (exact) mass is 191 g/mol. The Labute approximate surface area is 79.1 Å². The predicted octanol–water partition coefficient (Wildman–Crippen LogP) is -0.602. The van der Waals surface area contributed by atoms with E-state index in [0.717, 1.165) is 26.2 Å². The molecule has 0 aliphatic rings. The third kappa shape index (κ3) is 7.71. The van der Waals surface area contributed by atoms with Crippen LogP contribution in [0.5, 0.6) is 0 Å². The molecule has 0 unspecified atom stereocenters. The summed E-state index contributed by atoms with van der Waals surface area (Å²) in [5.74, 6) is 0. The van der Waals surface area contributed by atoms with Gasteiger partial charge in [-0.15, -0.1) is 0 Å². The third-order valence-electron chi connectivity index (χ3n) is 1.47. The number of hydrogen-bond donors (Lipinski definition) is 2. The molecule has 0 aliphatic carbocycles. The van der Waals surface area contributed by atoms with Crippen molar-refractivity contribution < 1.29 is 4.74 Å². The number of thiocarbonyl (C=S) groups is 1. The van der Waals surface area contributed by atoms with Gasteiger partial charge in [0.05, 0.1) is 6.61 Å². The molecule has 72 valence electrons. The minimum atomic E-state index is 0.357. The van der Waals surface area contributed by atoms with Gasteiger partial charge in [0.25, 0.3) is 0 Å². The molecule has 0 rings (SSSR count). The molecule has 3 N–H and O–H groups in total. The van der Waals surface area contributed by atoms with Crippen molar-refractivity contribution in [3.8, 4) is 0 Å². The van der Waals surface area contributed by atoms with E-state index < -0.39 is 0 Å². The van der Waals surface area contributed by atoms with Gasteiger partial charge in [-0.2, -0.15) is 0 Å². The zero-order valence-electron chi connectivity index (χ0n) is 7.67. The summed E-state index contributed by atoms with van der Waals surface area (Å²) >= 11 is 4.66. The first kappa shape index (κ1) is 11.6. The molecule has 0 radical (unpaired) electrons. The van der Waals surface area contributed by atoms with Crippen molar-refractivity contribution in [3.63, 3.8) is 0 Å². The molecule has 0 atom stereocenters. The molecule has 0 spiro atoms. The summed E-state index contributed by atoms with van der Waals surface area (Å²) in [5.41, 5.74) is 5.26. The van der Waals surface area contributed by atoms with Crippen LogP contribution in [0.4, 0.5) is 0 Å². The van der Waals surface area contributed by atoms with Gasteiger partial charge < -0.3 is 20.7 Å². The zero-order chi connectivity index (χ0) is 9.40. The molecule has 0 aliphatic heterocycles. The summed E-state index contributed by atoms with van der Waals surface area (Å²) < 4.78 is 4.93. The first-order valence-corrected chi connectivity index (χ1v) is 4.28. The van der Waals surface area contributed by atoms with Gasteiger partial charge in [-0.05, 0) is 19.3 Å². The lowest BCUT2D eigenvalue weighted by atomic mass is 10.5. The number of nitrogens with zero attached hydrogens (tertiary/aromatic N) is 1. The van der Waals surface area contributed by atoms with E-state index in [4.69, 9.17) is 10.5 Å². The van der Waals surface area contributed by atoms with Crippen molar-refractivity contribution in [2.75, 3.05) is 40.4 Å². The van der Waals surface area contributed by atoms with Gasteiger partial charge in [0.2, 0.25) is 0 Å². The number of likely N-dealkylation sites (N-methyl/N-ethyl adjacent to an activating group) is 1. The fourth-order valence-corrected chi connectivity index (χ4v) is 0.831. The summed E-state index contributed by atoms with van der Waals surface area (Å²) in [6.07, 6.45) is 0. The average Bonchev–Trinajstić information content (AvgIpc) is 2.00. The van der Waals surface area contributed by atoms with E-state index in [0.29, 0.717) is 5.11 Å². The number of nitrogens with two attached hydrogens (primary N) is 1. The second kappa shape index (κ2) is 7.27. The third-order valence-corrected chi connectivity index (χ3v) is 1.61. The highest BCUT2D eigenvalue weighted by Gasteiger charge is 1.96. The Morgan fingerprint density at radius 3 is 2.75 bits per heavy atom. The van der Waals surface area contributed by atoms with Crippen LogP contribution < -0.4 is 11.1 Å². The minimum absolute atomic E-state index is 0.357. The summed E-state index contributed by atoms with van der Waals surface area (Å²) in [5, 5.41) is 3.24. The highest BCUT2D eigenvalue weighted by atomic mass is 32.1. The van der Waals surface area contributed by atoms with E-state index in [2.05, 4.69) is 22.4 Å². The first-order valence-electron chi connectivity index (χ1n) is 3.87. The Hall–Kier alpha value is -0.390. The topological polar surface area (TPSA) is 50.5 Å². The van der Waals surface area contributed by atoms with Gasteiger partial charge >= 0.3 is 0 Å². The largest absolute Gasteiger partial charge is 0.383 e. The number of rotatable bonds is 6. The van der Waals surface area contributed by atoms with Crippen LogP contribution in [0.3, 0.4) is 0 Å². The van der Waals surface area contributed by atoms with Crippen molar-refractivity contribution in [1.82, 2.24) is 10.2 Å². The molecular weight excluding hydrogens is 174 g/mol. The van der Waals surface area contributed by atoms with Crippen LogP contribution >= 0.6 is 12.2 Å². The van der Waals surface area contributed by atoms with Gasteiger partial charge in [0.1, 0.15) is 0 Å². The highest BCUT2D eigenvalue weighted by Crippen LogP contribution is 1.80. The Bertz CT molecular complexity index is 132. The van der Waals surface area contributed by atoms with Crippen LogP contribution in [0.1, 0.15) is 0 Å². The van der Waals surface area contributed by atoms with E-state index in [-0.39, 0.29) is 0 Å². The molecule has 0 saturated carbocycles. The van der Waals surface area contributed by atoms with Crippen LogP contribution in [0.25, 0.3) is 0 Å². The molecule has 0 bridgehead atoms. The predicted molar refractivity (Wildman–Crippen MR) is 54.2 cm³/mol. The molecule has 0 aromatic rings. The van der Waals surface area contributed by atoms with Gasteiger partial charge in [0, 0.05) is 26.7 Å². The summed E-state index contributed by atoms with van der Waals surface area (Å²) in [6.45, 7) is 3.38. The van der Waals surface area contributed by atoms with Crippen LogP contribution in [-0.2, 0) is 4.74 Å². The van der Waals surface area contributed by atoms with E-state index in [1.807, 2.05) is 7.05 Å². The van der Waals surface area contributed by atoms with Crippen molar-refractivity contribution in [2.24, 2.45) is 5.73 Å². The number of ether oxygens (including phenoxy) is 1. The molecule has 4 nitrogen and oxygen atoms in total. The molecular formula is C7H17N3OS. The van der Waals surface area contributed by atoms with Crippen LogP contribution in [0.15, 0.2) is 0 Å². The molecule has 0 heterocycles. The molecule has 0 amide bonds. The van der Waals surface area contributed by atoms with Crippen LogP contribution in [-0.4, -0.2) is 50.4 Å². The SMILES string of the molecule is COCCN(C)CCNC(N)=S. The molecule has 0 saturated heterocycles. The molecule has 5 heteroatoms. The van der Waals surface area contributed by atoms with Crippen LogP contribution in [0, 0.1) is 0 Å². The maximum absolute atomic E-state index is 5.26. The highest BCUT2D eigenvalue weighted by molar-refractivity contribution is 7.80. The quantitative estimate of drug-likeness (QED) is 0.549. The van der Waals surface area contributed by atoms with Gasteiger partial charge in [-0.25, -0.2) is 0 Å². The number of methoxy groups -OCH3 is 1. The smallest absolute Gasteiger partial charge is 0.163 e. The maximum Gasteiger partial charge on any atom is 0.163 e. The second-order valence-electron chi connectivity index (χ2n) is 2.59. The maximum atomic E-state index is 5.26. The van der Waals surface area contributed by atoms with E-state index in [1.165, 1.54) is 0 Å². The Morgan fingerprint density at radius 2 is 2.25 bits per heavy atom. The fraction of sp³-hybridized carbons (Fsp3) is 0.857. The van der Waals surface area contributed by atoms with E-state index >= 15 is 0 Å². The van der Waals surface area contributed by atoms with Crippen molar-refractivity contribution in [1.29, 1.82) is 0 Å². The standard InChI is InChI=1S/C7H17N3OS/c1-10(5-6-11-2)4-3-9-7(8)12/h3-6H2,1-2H3,(H3,8,9,12). The van der Waals surface area contributed by atoms with Crippen molar-refractivity contribution in [3.05, 3.63) is 0 Å².